The Labute approximate surface area is 133 Å². The number of benzene rings is 1. The molecule has 2 amide bonds. The fraction of sp³-hybridized carbons (Fsp3) is 0.235. The SMILES string of the molecule is Cn1ccc(C(=O)Nc2cccc(N3CCCC3=O)c2)cc1=O. The van der Waals surface area contributed by atoms with Crippen molar-refractivity contribution >= 4 is 23.2 Å². The van der Waals surface area contributed by atoms with Crippen LogP contribution in [0.2, 0.25) is 0 Å². The molecule has 0 aliphatic carbocycles. The first kappa shape index (κ1) is 15.0. The summed E-state index contributed by atoms with van der Waals surface area (Å²) in [4.78, 5) is 37.4. The van der Waals surface area contributed by atoms with Gasteiger partial charge >= 0.3 is 0 Å². The van der Waals surface area contributed by atoms with Gasteiger partial charge in [0.05, 0.1) is 0 Å². The van der Waals surface area contributed by atoms with Crippen molar-refractivity contribution in [1.82, 2.24) is 4.57 Å². The van der Waals surface area contributed by atoms with Gasteiger partial charge in [-0.3, -0.25) is 14.4 Å². The van der Waals surface area contributed by atoms with Gasteiger partial charge in [-0.25, -0.2) is 0 Å². The van der Waals surface area contributed by atoms with E-state index in [9.17, 15) is 14.4 Å². The topological polar surface area (TPSA) is 71.4 Å². The van der Waals surface area contributed by atoms with Crippen molar-refractivity contribution in [3.63, 3.8) is 0 Å². The maximum Gasteiger partial charge on any atom is 0.255 e. The molecule has 1 aliphatic heterocycles. The number of aryl methyl sites for hydroxylation is 1. The van der Waals surface area contributed by atoms with E-state index in [1.807, 2.05) is 6.07 Å². The van der Waals surface area contributed by atoms with E-state index in [0.29, 0.717) is 24.2 Å². The van der Waals surface area contributed by atoms with E-state index in [4.69, 9.17) is 0 Å². The lowest BCUT2D eigenvalue weighted by Crippen LogP contribution is -2.24. The van der Waals surface area contributed by atoms with Gasteiger partial charge in [0.1, 0.15) is 0 Å². The maximum absolute atomic E-state index is 12.2. The molecule has 118 valence electrons. The molecule has 1 aromatic carbocycles. The van der Waals surface area contributed by atoms with Crippen LogP contribution in [-0.2, 0) is 11.8 Å². The summed E-state index contributed by atoms with van der Waals surface area (Å²) in [5, 5.41) is 2.76. The molecule has 0 saturated carbocycles. The Morgan fingerprint density at radius 2 is 2.00 bits per heavy atom. The van der Waals surface area contributed by atoms with E-state index in [2.05, 4.69) is 5.32 Å². The number of aromatic nitrogens is 1. The molecule has 1 aromatic heterocycles. The van der Waals surface area contributed by atoms with E-state index in [1.54, 1.807) is 42.4 Å². The number of pyridine rings is 1. The molecule has 6 heteroatoms. The second-order valence-electron chi connectivity index (χ2n) is 5.52. The van der Waals surface area contributed by atoms with Crippen LogP contribution in [0.5, 0.6) is 0 Å². The predicted octanol–water partition coefficient (Wildman–Crippen LogP) is 1.76. The average Bonchev–Trinajstić information content (AvgIpc) is 2.96. The first-order chi connectivity index (χ1) is 11.0. The van der Waals surface area contributed by atoms with Crippen LogP contribution in [0.25, 0.3) is 0 Å². The minimum atomic E-state index is -0.354. The van der Waals surface area contributed by atoms with E-state index in [-0.39, 0.29) is 17.4 Å². The van der Waals surface area contributed by atoms with Crippen LogP contribution in [0, 0.1) is 0 Å². The minimum absolute atomic E-state index is 0.0973. The lowest BCUT2D eigenvalue weighted by atomic mass is 10.2. The molecule has 1 aliphatic rings. The quantitative estimate of drug-likeness (QED) is 0.939. The zero-order chi connectivity index (χ0) is 16.4. The monoisotopic (exact) mass is 311 g/mol. The van der Waals surface area contributed by atoms with Gasteiger partial charge in [0.2, 0.25) is 5.91 Å². The molecule has 3 rings (SSSR count). The molecular weight excluding hydrogens is 294 g/mol. The molecule has 6 nitrogen and oxygen atoms in total. The van der Waals surface area contributed by atoms with E-state index in [0.717, 1.165) is 12.1 Å². The van der Waals surface area contributed by atoms with Crippen LogP contribution >= 0.6 is 0 Å². The molecule has 2 aromatic rings. The molecular formula is C17H17N3O3. The first-order valence-electron chi connectivity index (χ1n) is 7.43. The zero-order valence-electron chi connectivity index (χ0n) is 12.8. The Morgan fingerprint density at radius 3 is 2.70 bits per heavy atom. The number of hydrogen-bond acceptors (Lipinski definition) is 3. The lowest BCUT2D eigenvalue weighted by Gasteiger charge is -2.16. The predicted molar refractivity (Wildman–Crippen MR) is 87.7 cm³/mol. The van der Waals surface area contributed by atoms with Gasteiger partial charge in [-0.1, -0.05) is 6.07 Å². The van der Waals surface area contributed by atoms with Crippen LogP contribution in [0.4, 0.5) is 11.4 Å². The number of anilines is 2. The van der Waals surface area contributed by atoms with Gasteiger partial charge in [0.15, 0.2) is 0 Å². The summed E-state index contributed by atoms with van der Waals surface area (Å²) in [5.74, 6) is -0.257. The molecule has 2 heterocycles. The van der Waals surface area contributed by atoms with Crippen LogP contribution < -0.4 is 15.8 Å². The molecule has 0 bridgehead atoms. The smallest absolute Gasteiger partial charge is 0.255 e. The number of amides is 2. The largest absolute Gasteiger partial charge is 0.322 e. The van der Waals surface area contributed by atoms with Crippen LogP contribution in [0.1, 0.15) is 23.2 Å². The molecule has 1 fully saturated rings. The van der Waals surface area contributed by atoms with Crippen molar-refractivity contribution in [2.45, 2.75) is 12.8 Å². The summed E-state index contributed by atoms with van der Waals surface area (Å²) in [7, 11) is 1.63. The summed E-state index contributed by atoms with van der Waals surface area (Å²) in [6, 6.07) is 10.0. The lowest BCUT2D eigenvalue weighted by molar-refractivity contribution is -0.117. The Balaban J connectivity index is 1.79. The molecule has 23 heavy (non-hydrogen) atoms. The Bertz CT molecular complexity index is 826. The minimum Gasteiger partial charge on any atom is -0.322 e. The van der Waals surface area contributed by atoms with Gasteiger partial charge in [0.25, 0.3) is 11.5 Å². The highest BCUT2D eigenvalue weighted by molar-refractivity contribution is 6.04. The second kappa shape index (κ2) is 6.08. The highest BCUT2D eigenvalue weighted by Gasteiger charge is 2.21. The standard InChI is InChI=1S/C17H17N3O3/c1-19-9-7-12(10-16(19)22)17(23)18-13-4-2-5-14(11-13)20-8-3-6-15(20)21/h2,4-5,7,9-11H,3,6,8H2,1H3,(H,18,23). The summed E-state index contributed by atoms with van der Waals surface area (Å²) < 4.78 is 1.40. The van der Waals surface area contributed by atoms with Gasteiger partial charge in [-0.15, -0.1) is 0 Å². The van der Waals surface area contributed by atoms with Crippen molar-refractivity contribution in [3.8, 4) is 0 Å². The van der Waals surface area contributed by atoms with Crippen molar-refractivity contribution in [1.29, 1.82) is 0 Å². The number of nitrogens with one attached hydrogen (secondary N) is 1. The molecule has 0 spiro atoms. The maximum atomic E-state index is 12.2. The number of carbonyl (C=O) groups excluding carboxylic acids is 2. The number of rotatable bonds is 3. The molecule has 1 saturated heterocycles. The normalized spacial score (nSPS) is 14.1. The Hall–Kier alpha value is -2.89. The summed E-state index contributed by atoms with van der Waals surface area (Å²) >= 11 is 0. The van der Waals surface area contributed by atoms with E-state index >= 15 is 0 Å². The van der Waals surface area contributed by atoms with Crippen LogP contribution in [0.3, 0.4) is 0 Å². The Morgan fingerprint density at radius 1 is 1.17 bits per heavy atom. The van der Waals surface area contributed by atoms with Crippen molar-refractivity contribution in [2.24, 2.45) is 7.05 Å². The van der Waals surface area contributed by atoms with Crippen LogP contribution in [-0.4, -0.2) is 22.9 Å². The molecule has 0 unspecified atom stereocenters. The molecule has 1 N–H and O–H groups in total. The van der Waals surface area contributed by atoms with E-state index in [1.165, 1.54) is 10.6 Å². The first-order valence-corrected chi connectivity index (χ1v) is 7.43. The van der Waals surface area contributed by atoms with Crippen LogP contribution in [0.15, 0.2) is 47.4 Å². The summed E-state index contributed by atoms with van der Waals surface area (Å²) in [6.07, 6.45) is 2.96. The highest BCUT2D eigenvalue weighted by atomic mass is 16.2. The number of carbonyl (C=O) groups is 2. The van der Waals surface area contributed by atoms with Crippen molar-refractivity contribution < 1.29 is 9.59 Å². The van der Waals surface area contributed by atoms with Gasteiger partial charge in [-0.2, -0.15) is 0 Å². The molecule has 0 atom stereocenters. The van der Waals surface area contributed by atoms with Gasteiger partial charge < -0.3 is 14.8 Å². The Kier molecular flexibility index (Phi) is 3.97. The summed E-state index contributed by atoms with van der Waals surface area (Å²) in [6.45, 7) is 0.699. The zero-order valence-corrected chi connectivity index (χ0v) is 12.8. The number of hydrogen-bond donors (Lipinski definition) is 1. The van der Waals surface area contributed by atoms with E-state index < -0.39 is 0 Å². The van der Waals surface area contributed by atoms with Gasteiger partial charge in [-0.05, 0) is 30.7 Å². The fourth-order valence-corrected chi connectivity index (χ4v) is 2.57. The third kappa shape index (κ3) is 3.15. The molecule has 0 radical (unpaired) electrons. The summed E-state index contributed by atoms with van der Waals surface area (Å²) in [5.41, 5.74) is 1.42. The fourth-order valence-electron chi connectivity index (χ4n) is 2.57. The number of nitrogens with zero attached hydrogens (tertiary/aromatic N) is 2. The van der Waals surface area contributed by atoms with Gasteiger partial charge in [0, 0.05) is 49.2 Å². The van der Waals surface area contributed by atoms with Crippen molar-refractivity contribution in [2.75, 3.05) is 16.8 Å². The second-order valence-corrected chi connectivity index (χ2v) is 5.52. The third-order valence-electron chi connectivity index (χ3n) is 3.86. The average molecular weight is 311 g/mol. The van der Waals surface area contributed by atoms with Crippen molar-refractivity contribution in [3.05, 3.63) is 58.5 Å². The third-order valence-corrected chi connectivity index (χ3v) is 3.86. The highest BCUT2D eigenvalue weighted by Crippen LogP contribution is 2.24.